The van der Waals surface area contributed by atoms with Crippen LogP contribution in [0.25, 0.3) is 11.1 Å². The fourth-order valence-electron chi connectivity index (χ4n) is 2.42. The van der Waals surface area contributed by atoms with Crippen LogP contribution in [0, 0.1) is 11.6 Å². The van der Waals surface area contributed by atoms with E-state index in [4.69, 9.17) is 9.84 Å². The normalized spacial score (nSPS) is 10.4. The van der Waals surface area contributed by atoms with Gasteiger partial charge in [0.05, 0.1) is 12.7 Å². The van der Waals surface area contributed by atoms with E-state index in [9.17, 15) is 18.4 Å². The zero-order chi connectivity index (χ0) is 19.1. The lowest BCUT2D eigenvalue weighted by molar-refractivity contribution is -0.137. The Morgan fingerprint density at radius 3 is 2.46 bits per heavy atom. The molecule has 0 unspecified atom stereocenters. The standard InChI is InChI=1S/C19H19F2NO4/c1-26-13-6-8-14(17(21)11-13)12-5-7-15(16(20)10-12)19(25)22-9-3-2-4-18(23)24/h5-8,10-11H,2-4,9H2,1H3,(H,22,25)(H,23,24). The highest BCUT2D eigenvalue weighted by atomic mass is 19.1. The fourth-order valence-corrected chi connectivity index (χ4v) is 2.42. The van der Waals surface area contributed by atoms with Gasteiger partial charge in [-0.3, -0.25) is 9.59 Å². The first-order valence-corrected chi connectivity index (χ1v) is 8.06. The summed E-state index contributed by atoms with van der Waals surface area (Å²) in [7, 11) is 1.42. The number of amides is 1. The van der Waals surface area contributed by atoms with Gasteiger partial charge in [-0.2, -0.15) is 0 Å². The number of methoxy groups -OCH3 is 1. The minimum atomic E-state index is -0.899. The van der Waals surface area contributed by atoms with Gasteiger partial charge in [0.15, 0.2) is 0 Å². The highest BCUT2D eigenvalue weighted by molar-refractivity contribution is 5.95. The summed E-state index contributed by atoms with van der Waals surface area (Å²) >= 11 is 0. The summed E-state index contributed by atoms with van der Waals surface area (Å²) in [5.74, 6) is -2.46. The number of ether oxygens (including phenoxy) is 1. The van der Waals surface area contributed by atoms with Crippen LogP contribution in [0.5, 0.6) is 5.75 Å². The van der Waals surface area contributed by atoms with E-state index in [0.29, 0.717) is 24.2 Å². The molecule has 0 bridgehead atoms. The fraction of sp³-hybridized carbons (Fsp3) is 0.263. The van der Waals surface area contributed by atoms with Crippen molar-refractivity contribution >= 4 is 11.9 Å². The lowest BCUT2D eigenvalue weighted by Gasteiger charge is -2.09. The Balaban J connectivity index is 2.05. The Morgan fingerprint density at radius 1 is 1.08 bits per heavy atom. The Morgan fingerprint density at radius 2 is 1.85 bits per heavy atom. The summed E-state index contributed by atoms with van der Waals surface area (Å²) in [6.07, 6.45) is 0.926. The molecule has 1 amide bonds. The van der Waals surface area contributed by atoms with Gasteiger partial charge in [-0.05, 0) is 42.7 Å². The second-order valence-corrected chi connectivity index (χ2v) is 5.65. The Hall–Kier alpha value is -2.96. The van der Waals surface area contributed by atoms with Gasteiger partial charge in [-0.1, -0.05) is 6.07 Å². The van der Waals surface area contributed by atoms with Gasteiger partial charge in [0.1, 0.15) is 17.4 Å². The highest BCUT2D eigenvalue weighted by Crippen LogP contribution is 2.27. The van der Waals surface area contributed by atoms with Crippen LogP contribution in [0.2, 0.25) is 0 Å². The Kier molecular flexibility index (Phi) is 6.66. The maximum atomic E-state index is 14.3. The minimum absolute atomic E-state index is 0.0202. The molecule has 5 nitrogen and oxygen atoms in total. The van der Waals surface area contributed by atoms with Gasteiger partial charge in [0, 0.05) is 24.6 Å². The van der Waals surface area contributed by atoms with Crippen LogP contribution in [0.4, 0.5) is 8.78 Å². The van der Waals surface area contributed by atoms with Crippen molar-refractivity contribution < 1.29 is 28.2 Å². The molecule has 2 aromatic rings. The first kappa shape index (κ1) is 19.4. The summed E-state index contributed by atoms with van der Waals surface area (Å²) in [5, 5.41) is 11.1. The molecule has 0 saturated heterocycles. The number of nitrogens with one attached hydrogen (secondary N) is 1. The van der Waals surface area contributed by atoms with Gasteiger partial charge >= 0.3 is 5.97 Å². The maximum absolute atomic E-state index is 14.3. The Labute approximate surface area is 149 Å². The van der Waals surface area contributed by atoms with Gasteiger partial charge in [0.2, 0.25) is 0 Å². The molecule has 0 aliphatic carbocycles. The van der Waals surface area contributed by atoms with E-state index in [2.05, 4.69) is 5.32 Å². The molecule has 0 heterocycles. The number of aliphatic carboxylic acids is 1. The average molecular weight is 363 g/mol. The molecule has 2 N–H and O–H groups in total. The van der Waals surface area contributed by atoms with Crippen molar-refractivity contribution in [1.82, 2.24) is 5.32 Å². The molecule has 138 valence electrons. The molecule has 0 aliphatic rings. The average Bonchev–Trinajstić information content (AvgIpc) is 2.60. The smallest absolute Gasteiger partial charge is 0.303 e. The molecule has 0 atom stereocenters. The number of unbranched alkanes of at least 4 members (excludes halogenated alkanes) is 1. The molecular weight excluding hydrogens is 344 g/mol. The SMILES string of the molecule is COc1ccc(-c2ccc(C(=O)NCCCCC(=O)O)c(F)c2)c(F)c1. The molecule has 2 rings (SSSR count). The first-order valence-electron chi connectivity index (χ1n) is 8.06. The van der Waals surface area contributed by atoms with Crippen molar-refractivity contribution in [2.75, 3.05) is 13.7 Å². The third-order valence-electron chi connectivity index (χ3n) is 3.80. The Bertz CT molecular complexity index is 808. The second-order valence-electron chi connectivity index (χ2n) is 5.65. The molecule has 26 heavy (non-hydrogen) atoms. The van der Waals surface area contributed by atoms with Gasteiger partial charge in [0.25, 0.3) is 5.91 Å². The van der Waals surface area contributed by atoms with Gasteiger partial charge in [-0.15, -0.1) is 0 Å². The summed E-state index contributed by atoms with van der Waals surface area (Å²) in [5.41, 5.74) is 0.354. The van der Waals surface area contributed by atoms with E-state index in [0.717, 1.165) is 6.07 Å². The number of carbonyl (C=O) groups is 2. The van der Waals surface area contributed by atoms with Crippen LogP contribution >= 0.6 is 0 Å². The third kappa shape index (κ3) is 5.02. The highest BCUT2D eigenvalue weighted by Gasteiger charge is 2.14. The number of hydrogen-bond acceptors (Lipinski definition) is 3. The molecule has 0 spiro atoms. The minimum Gasteiger partial charge on any atom is -0.497 e. The van der Waals surface area contributed by atoms with Crippen molar-refractivity contribution in [2.24, 2.45) is 0 Å². The van der Waals surface area contributed by atoms with Crippen LogP contribution in [-0.4, -0.2) is 30.6 Å². The monoisotopic (exact) mass is 363 g/mol. The van der Waals surface area contributed by atoms with E-state index in [1.54, 1.807) is 6.07 Å². The van der Waals surface area contributed by atoms with E-state index < -0.39 is 23.5 Å². The zero-order valence-corrected chi connectivity index (χ0v) is 14.2. The number of carbonyl (C=O) groups excluding carboxylic acids is 1. The lowest BCUT2D eigenvalue weighted by Crippen LogP contribution is -2.25. The maximum Gasteiger partial charge on any atom is 0.303 e. The van der Waals surface area contributed by atoms with E-state index in [1.807, 2.05) is 0 Å². The molecule has 0 radical (unpaired) electrons. The molecular formula is C19H19F2NO4. The van der Waals surface area contributed by atoms with Crippen LogP contribution in [0.1, 0.15) is 29.6 Å². The predicted molar refractivity (Wildman–Crippen MR) is 92.2 cm³/mol. The largest absolute Gasteiger partial charge is 0.497 e. The van der Waals surface area contributed by atoms with E-state index in [-0.39, 0.29) is 24.1 Å². The number of carboxylic acid groups (broad SMARTS) is 1. The van der Waals surface area contributed by atoms with Crippen molar-refractivity contribution in [1.29, 1.82) is 0 Å². The summed E-state index contributed by atoms with van der Waals surface area (Å²) in [6, 6.07) is 8.10. The van der Waals surface area contributed by atoms with Crippen molar-refractivity contribution in [3.05, 3.63) is 53.6 Å². The van der Waals surface area contributed by atoms with Gasteiger partial charge < -0.3 is 15.2 Å². The van der Waals surface area contributed by atoms with Crippen molar-refractivity contribution in [3.8, 4) is 16.9 Å². The zero-order valence-electron chi connectivity index (χ0n) is 14.2. The van der Waals surface area contributed by atoms with Crippen molar-refractivity contribution in [3.63, 3.8) is 0 Å². The molecule has 0 aliphatic heterocycles. The number of rotatable bonds is 8. The molecule has 0 fully saturated rings. The van der Waals surface area contributed by atoms with Crippen LogP contribution in [0.3, 0.4) is 0 Å². The predicted octanol–water partition coefficient (Wildman–Crippen LogP) is 3.63. The van der Waals surface area contributed by atoms with Crippen molar-refractivity contribution in [2.45, 2.75) is 19.3 Å². The lowest BCUT2D eigenvalue weighted by atomic mass is 10.0. The van der Waals surface area contributed by atoms with Gasteiger partial charge in [-0.25, -0.2) is 8.78 Å². The number of halogens is 2. The first-order chi connectivity index (χ1) is 12.4. The second kappa shape index (κ2) is 8.94. The van der Waals surface area contributed by atoms with E-state index in [1.165, 1.54) is 31.4 Å². The number of benzene rings is 2. The third-order valence-corrected chi connectivity index (χ3v) is 3.80. The van der Waals surface area contributed by atoms with Crippen LogP contribution < -0.4 is 10.1 Å². The van der Waals surface area contributed by atoms with Crippen LogP contribution in [0.15, 0.2) is 36.4 Å². The quantitative estimate of drug-likeness (QED) is 0.703. The van der Waals surface area contributed by atoms with Crippen LogP contribution in [-0.2, 0) is 4.79 Å². The number of carboxylic acids is 1. The van der Waals surface area contributed by atoms with E-state index >= 15 is 0 Å². The molecule has 0 saturated carbocycles. The summed E-state index contributed by atoms with van der Waals surface area (Å²) < 4.78 is 33.3. The molecule has 7 heteroatoms. The molecule has 0 aromatic heterocycles. The number of hydrogen-bond donors (Lipinski definition) is 2. The summed E-state index contributed by atoms with van der Waals surface area (Å²) in [6.45, 7) is 0.250. The summed E-state index contributed by atoms with van der Waals surface area (Å²) in [4.78, 5) is 22.4. The molecule has 2 aromatic carbocycles. The topological polar surface area (TPSA) is 75.6 Å².